The van der Waals surface area contributed by atoms with E-state index in [1.54, 1.807) is 0 Å². The Balaban J connectivity index is 0. The summed E-state index contributed by atoms with van der Waals surface area (Å²) < 4.78 is 0. The largest absolute Gasteiger partial charge is 0.321 e. The lowest BCUT2D eigenvalue weighted by Crippen LogP contribution is -2.37. The SMILES string of the molecule is CC.CC(C)C(=O)C(N)CC(C)(C)C. The Labute approximate surface area is 89.3 Å². The van der Waals surface area contributed by atoms with Gasteiger partial charge < -0.3 is 5.73 Å². The molecular weight excluding hydrogens is 174 g/mol. The van der Waals surface area contributed by atoms with Crippen molar-refractivity contribution < 1.29 is 4.79 Å². The molecule has 0 rings (SSSR count). The highest BCUT2D eigenvalue weighted by molar-refractivity contribution is 5.85. The van der Waals surface area contributed by atoms with Crippen molar-refractivity contribution in [1.29, 1.82) is 0 Å². The molecule has 0 aromatic heterocycles. The van der Waals surface area contributed by atoms with Crippen molar-refractivity contribution in [2.24, 2.45) is 17.1 Å². The molecule has 2 nitrogen and oxygen atoms in total. The predicted molar refractivity (Wildman–Crippen MR) is 63.2 cm³/mol. The van der Waals surface area contributed by atoms with Crippen molar-refractivity contribution in [1.82, 2.24) is 0 Å². The molecule has 0 bridgehead atoms. The van der Waals surface area contributed by atoms with Gasteiger partial charge in [-0.2, -0.15) is 0 Å². The van der Waals surface area contributed by atoms with E-state index in [2.05, 4.69) is 20.8 Å². The molecule has 0 saturated heterocycles. The zero-order valence-corrected chi connectivity index (χ0v) is 10.8. The highest BCUT2D eigenvalue weighted by atomic mass is 16.1. The summed E-state index contributed by atoms with van der Waals surface area (Å²) in [5.74, 6) is 0.229. The van der Waals surface area contributed by atoms with Crippen LogP contribution in [0, 0.1) is 11.3 Å². The molecular formula is C12H27NO. The lowest BCUT2D eigenvalue weighted by Gasteiger charge is -2.23. The summed E-state index contributed by atoms with van der Waals surface area (Å²) in [6.45, 7) is 14.1. The van der Waals surface area contributed by atoms with Crippen LogP contribution >= 0.6 is 0 Å². The molecule has 0 aromatic rings. The van der Waals surface area contributed by atoms with Gasteiger partial charge in [0.05, 0.1) is 6.04 Å². The van der Waals surface area contributed by atoms with Crippen molar-refractivity contribution in [3.63, 3.8) is 0 Å². The smallest absolute Gasteiger partial charge is 0.152 e. The third kappa shape index (κ3) is 8.24. The number of hydrogen-bond donors (Lipinski definition) is 1. The normalized spacial score (nSPS) is 13.2. The number of carbonyl (C=O) groups is 1. The van der Waals surface area contributed by atoms with Crippen molar-refractivity contribution in [3.05, 3.63) is 0 Å². The van der Waals surface area contributed by atoms with Crippen molar-refractivity contribution in [2.75, 3.05) is 0 Å². The maximum Gasteiger partial charge on any atom is 0.152 e. The van der Waals surface area contributed by atoms with E-state index in [9.17, 15) is 4.79 Å². The standard InChI is InChI=1S/C10H21NO.C2H6/c1-7(2)9(12)8(11)6-10(3,4)5;1-2/h7-8H,6,11H2,1-5H3;1-2H3. The molecule has 0 amide bonds. The number of Topliss-reactive ketones (excluding diaryl/α,β-unsaturated/α-hetero) is 1. The summed E-state index contributed by atoms with van der Waals surface area (Å²) >= 11 is 0. The second kappa shape index (κ2) is 6.99. The van der Waals surface area contributed by atoms with Gasteiger partial charge in [-0.05, 0) is 11.8 Å². The molecule has 0 saturated carbocycles. The van der Waals surface area contributed by atoms with Gasteiger partial charge >= 0.3 is 0 Å². The highest BCUT2D eigenvalue weighted by Crippen LogP contribution is 2.21. The van der Waals surface area contributed by atoms with E-state index >= 15 is 0 Å². The highest BCUT2D eigenvalue weighted by Gasteiger charge is 2.22. The molecule has 0 fully saturated rings. The monoisotopic (exact) mass is 201 g/mol. The molecule has 0 aliphatic rings. The summed E-state index contributed by atoms with van der Waals surface area (Å²) in [6, 6.07) is -0.287. The molecule has 86 valence electrons. The molecule has 1 atom stereocenters. The lowest BCUT2D eigenvalue weighted by molar-refractivity contribution is -0.123. The molecule has 2 N–H and O–H groups in total. The number of hydrogen-bond acceptors (Lipinski definition) is 2. The molecule has 0 aliphatic carbocycles. The first kappa shape index (κ1) is 16.1. The molecule has 2 heteroatoms. The Morgan fingerprint density at radius 2 is 1.57 bits per heavy atom. The maximum absolute atomic E-state index is 11.4. The van der Waals surface area contributed by atoms with Gasteiger partial charge in [-0.3, -0.25) is 4.79 Å². The second-order valence-electron chi connectivity index (χ2n) is 4.93. The second-order valence-corrected chi connectivity index (χ2v) is 4.93. The average molecular weight is 201 g/mol. The quantitative estimate of drug-likeness (QED) is 0.762. The molecule has 0 aromatic carbocycles. The molecule has 0 heterocycles. The molecule has 0 spiro atoms. The molecule has 0 aliphatic heterocycles. The van der Waals surface area contributed by atoms with Gasteiger partial charge in [-0.1, -0.05) is 48.5 Å². The zero-order chi connectivity index (χ0) is 11.9. The Hall–Kier alpha value is -0.370. The summed E-state index contributed by atoms with van der Waals surface area (Å²) in [4.78, 5) is 11.4. The minimum Gasteiger partial charge on any atom is -0.321 e. The third-order valence-corrected chi connectivity index (χ3v) is 1.77. The average Bonchev–Trinajstić information content (AvgIpc) is 2.03. The number of carbonyl (C=O) groups excluding carboxylic acids is 1. The van der Waals surface area contributed by atoms with Crippen LogP contribution in [0.2, 0.25) is 0 Å². The van der Waals surface area contributed by atoms with Gasteiger partial charge in [0.15, 0.2) is 5.78 Å². The van der Waals surface area contributed by atoms with Crippen molar-refractivity contribution in [3.8, 4) is 0 Å². The first-order chi connectivity index (χ1) is 6.24. The predicted octanol–water partition coefficient (Wildman–Crippen LogP) is 3.00. The summed E-state index contributed by atoms with van der Waals surface area (Å²) in [6.07, 6.45) is 0.768. The van der Waals surface area contributed by atoms with Gasteiger partial charge in [0.1, 0.15) is 0 Å². The Bertz CT molecular complexity index is 156. The van der Waals surface area contributed by atoms with Crippen LogP contribution in [-0.4, -0.2) is 11.8 Å². The fourth-order valence-electron chi connectivity index (χ4n) is 1.19. The van der Waals surface area contributed by atoms with E-state index in [0.717, 1.165) is 6.42 Å². The van der Waals surface area contributed by atoms with E-state index in [1.165, 1.54) is 0 Å². The Morgan fingerprint density at radius 1 is 1.21 bits per heavy atom. The van der Waals surface area contributed by atoms with Gasteiger partial charge in [0, 0.05) is 5.92 Å². The first-order valence-corrected chi connectivity index (χ1v) is 5.53. The van der Waals surface area contributed by atoms with Gasteiger partial charge in [0.25, 0.3) is 0 Å². The van der Waals surface area contributed by atoms with Crippen LogP contribution in [0.1, 0.15) is 54.9 Å². The van der Waals surface area contributed by atoms with E-state index in [0.29, 0.717) is 0 Å². The fraction of sp³-hybridized carbons (Fsp3) is 0.917. The van der Waals surface area contributed by atoms with E-state index in [1.807, 2.05) is 27.7 Å². The van der Waals surface area contributed by atoms with Crippen molar-refractivity contribution in [2.45, 2.75) is 60.9 Å². The van der Waals surface area contributed by atoms with Crippen LogP contribution < -0.4 is 5.73 Å². The lowest BCUT2D eigenvalue weighted by atomic mass is 9.85. The number of nitrogens with two attached hydrogens (primary N) is 1. The van der Waals surface area contributed by atoms with Crippen LogP contribution in [0.3, 0.4) is 0 Å². The topological polar surface area (TPSA) is 43.1 Å². The van der Waals surface area contributed by atoms with Gasteiger partial charge in [0.2, 0.25) is 0 Å². The van der Waals surface area contributed by atoms with E-state index < -0.39 is 0 Å². The summed E-state index contributed by atoms with van der Waals surface area (Å²) in [5.41, 5.74) is 5.90. The zero-order valence-electron chi connectivity index (χ0n) is 10.8. The molecule has 14 heavy (non-hydrogen) atoms. The van der Waals surface area contributed by atoms with Crippen LogP contribution in [-0.2, 0) is 4.79 Å². The van der Waals surface area contributed by atoms with Crippen LogP contribution in [0.15, 0.2) is 0 Å². The summed E-state index contributed by atoms with van der Waals surface area (Å²) in [5, 5.41) is 0. The first-order valence-electron chi connectivity index (χ1n) is 5.53. The Kier molecular flexibility index (Phi) is 8.03. The Morgan fingerprint density at radius 3 is 1.79 bits per heavy atom. The van der Waals surface area contributed by atoms with E-state index in [-0.39, 0.29) is 23.2 Å². The summed E-state index contributed by atoms with van der Waals surface area (Å²) in [7, 11) is 0. The number of rotatable bonds is 3. The van der Waals surface area contributed by atoms with Crippen molar-refractivity contribution >= 4 is 5.78 Å². The van der Waals surface area contributed by atoms with Gasteiger partial charge in [-0.25, -0.2) is 0 Å². The van der Waals surface area contributed by atoms with Crippen LogP contribution in [0.5, 0.6) is 0 Å². The minimum absolute atomic E-state index is 0.0577. The molecule has 1 unspecified atom stereocenters. The minimum atomic E-state index is -0.287. The van der Waals surface area contributed by atoms with Crippen LogP contribution in [0.4, 0.5) is 0 Å². The fourth-order valence-corrected chi connectivity index (χ4v) is 1.19. The molecule has 0 radical (unpaired) electrons. The number of ketones is 1. The van der Waals surface area contributed by atoms with E-state index in [4.69, 9.17) is 5.73 Å². The third-order valence-electron chi connectivity index (χ3n) is 1.77. The maximum atomic E-state index is 11.4. The van der Waals surface area contributed by atoms with Gasteiger partial charge in [-0.15, -0.1) is 0 Å². The van der Waals surface area contributed by atoms with Crippen LogP contribution in [0.25, 0.3) is 0 Å².